The van der Waals surface area contributed by atoms with Crippen LogP contribution in [0.5, 0.6) is 17.2 Å². The molecule has 0 aliphatic rings. The largest absolute Gasteiger partial charge is 0.508 e. The number of aromatic nitrogens is 4. The number of thioether (sulfide) groups is 1. The minimum Gasteiger partial charge on any atom is -0.508 e. The van der Waals surface area contributed by atoms with E-state index in [4.69, 9.17) is 9.47 Å². The van der Waals surface area contributed by atoms with Gasteiger partial charge in [0, 0.05) is 13.6 Å². The molecule has 0 fully saturated rings. The normalized spacial score (nSPS) is 10.6. The molecule has 29 heavy (non-hydrogen) atoms. The summed E-state index contributed by atoms with van der Waals surface area (Å²) < 4.78 is 12.1. The minimum atomic E-state index is -0.0648. The van der Waals surface area contributed by atoms with E-state index in [0.29, 0.717) is 28.9 Å². The van der Waals surface area contributed by atoms with Gasteiger partial charge in [0.25, 0.3) is 0 Å². The average Bonchev–Trinajstić information content (AvgIpc) is 3.21. The Kier molecular flexibility index (Phi) is 6.55. The van der Waals surface area contributed by atoms with E-state index in [1.54, 1.807) is 50.4 Å². The highest BCUT2D eigenvalue weighted by atomic mass is 32.2. The third-order valence-electron chi connectivity index (χ3n) is 4.15. The lowest BCUT2D eigenvalue weighted by atomic mass is 10.2. The Labute approximate surface area is 172 Å². The van der Waals surface area contributed by atoms with Gasteiger partial charge in [-0.05, 0) is 52.4 Å². The van der Waals surface area contributed by atoms with E-state index >= 15 is 0 Å². The summed E-state index contributed by atoms with van der Waals surface area (Å²) in [5.74, 6) is 1.53. The molecule has 1 N–H and O–H groups in total. The highest BCUT2D eigenvalue weighted by Crippen LogP contribution is 2.28. The van der Waals surface area contributed by atoms with E-state index in [0.717, 1.165) is 5.56 Å². The highest BCUT2D eigenvalue weighted by Gasteiger charge is 2.15. The number of carbonyl (C=O) groups excluding carboxylic acids is 1. The van der Waals surface area contributed by atoms with Gasteiger partial charge < -0.3 is 19.5 Å². The fraction of sp³-hybridized carbons (Fsp3) is 0.263. The summed E-state index contributed by atoms with van der Waals surface area (Å²) in [4.78, 5) is 14.2. The Balaban J connectivity index is 1.61. The summed E-state index contributed by atoms with van der Waals surface area (Å²) in [5.41, 5.74) is 1.62. The first-order valence-corrected chi connectivity index (χ1v) is 9.66. The molecule has 0 radical (unpaired) electrons. The van der Waals surface area contributed by atoms with E-state index in [9.17, 15) is 9.90 Å². The van der Waals surface area contributed by atoms with Gasteiger partial charge in [0.1, 0.15) is 5.75 Å². The van der Waals surface area contributed by atoms with Gasteiger partial charge in [0.2, 0.25) is 11.1 Å². The van der Waals surface area contributed by atoms with Gasteiger partial charge in [0.15, 0.2) is 11.5 Å². The van der Waals surface area contributed by atoms with E-state index in [1.165, 1.54) is 16.4 Å². The van der Waals surface area contributed by atoms with Gasteiger partial charge in [0.05, 0.1) is 25.7 Å². The zero-order valence-corrected chi connectivity index (χ0v) is 17.1. The summed E-state index contributed by atoms with van der Waals surface area (Å²) in [6.07, 6.45) is 0. The molecule has 0 saturated carbocycles. The summed E-state index contributed by atoms with van der Waals surface area (Å²) in [5, 5.41) is 21.5. The number of tetrazole rings is 1. The van der Waals surface area contributed by atoms with E-state index in [2.05, 4.69) is 15.5 Å². The topological polar surface area (TPSA) is 103 Å². The number of rotatable bonds is 8. The molecule has 0 aliphatic heterocycles. The molecule has 9 nitrogen and oxygen atoms in total. The van der Waals surface area contributed by atoms with Crippen LogP contribution in [0.15, 0.2) is 47.6 Å². The van der Waals surface area contributed by atoms with Crippen LogP contribution in [0.4, 0.5) is 0 Å². The fourth-order valence-corrected chi connectivity index (χ4v) is 3.43. The predicted molar refractivity (Wildman–Crippen MR) is 108 cm³/mol. The van der Waals surface area contributed by atoms with E-state index in [-0.39, 0.29) is 17.4 Å². The van der Waals surface area contributed by atoms with Crippen LogP contribution < -0.4 is 9.47 Å². The van der Waals surface area contributed by atoms with Crippen molar-refractivity contribution >= 4 is 17.7 Å². The fourth-order valence-electron chi connectivity index (χ4n) is 2.60. The lowest BCUT2D eigenvalue weighted by molar-refractivity contribution is -0.127. The Bertz CT molecular complexity index is 977. The molecule has 0 unspecified atom stereocenters. The number of methoxy groups -OCH3 is 2. The van der Waals surface area contributed by atoms with Crippen molar-refractivity contribution in [3.63, 3.8) is 0 Å². The molecular weight excluding hydrogens is 394 g/mol. The Morgan fingerprint density at radius 1 is 1.14 bits per heavy atom. The van der Waals surface area contributed by atoms with Crippen LogP contribution in [-0.4, -0.2) is 63.1 Å². The number of phenols is 1. The lowest BCUT2D eigenvalue weighted by Gasteiger charge is -2.18. The van der Waals surface area contributed by atoms with Gasteiger partial charge in [-0.3, -0.25) is 4.79 Å². The first-order valence-electron chi connectivity index (χ1n) is 8.67. The molecule has 1 heterocycles. The minimum absolute atomic E-state index is 0.0648. The van der Waals surface area contributed by atoms with Gasteiger partial charge >= 0.3 is 0 Å². The standard InChI is InChI=1S/C19H21N5O4S/c1-23(11-13-4-9-16(27-2)17(10-13)28-3)18(26)12-29-19-20-21-22-24(19)14-5-7-15(25)8-6-14/h4-10,25H,11-12H2,1-3H3. The van der Waals surface area contributed by atoms with Gasteiger partial charge in [-0.2, -0.15) is 4.68 Å². The molecule has 1 amide bonds. The number of aromatic hydroxyl groups is 1. The van der Waals surface area contributed by atoms with Gasteiger partial charge in [-0.1, -0.05) is 17.8 Å². The highest BCUT2D eigenvalue weighted by molar-refractivity contribution is 7.99. The third kappa shape index (κ3) is 4.96. The second-order valence-electron chi connectivity index (χ2n) is 6.12. The average molecular weight is 415 g/mol. The van der Waals surface area contributed by atoms with Crippen LogP contribution in [0.3, 0.4) is 0 Å². The molecule has 3 rings (SSSR count). The quantitative estimate of drug-likeness (QED) is 0.558. The van der Waals surface area contributed by atoms with Gasteiger partial charge in [-0.25, -0.2) is 0 Å². The SMILES string of the molecule is COc1ccc(CN(C)C(=O)CSc2nnnn2-c2ccc(O)cc2)cc1OC. The number of amides is 1. The second kappa shape index (κ2) is 9.28. The molecule has 10 heteroatoms. The summed E-state index contributed by atoms with van der Waals surface area (Å²) >= 11 is 1.24. The zero-order valence-electron chi connectivity index (χ0n) is 16.3. The number of hydrogen-bond acceptors (Lipinski definition) is 8. The number of ether oxygens (including phenoxy) is 2. The van der Waals surface area contributed by atoms with Crippen molar-refractivity contribution in [2.24, 2.45) is 0 Å². The number of carbonyl (C=O) groups is 1. The summed E-state index contributed by atoms with van der Waals surface area (Å²) in [6, 6.07) is 12.0. The summed E-state index contributed by atoms with van der Waals surface area (Å²) in [6.45, 7) is 0.433. The van der Waals surface area contributed by atoms with Crippen LogP contribution in [0.2, 0.25) is 0 Å². The van der Waals surface area contributed by atoms with E-state index < -0.39 is 0 Å². The van der Waals surface area contributed by atoms with Crippen LogP contribution in [-0.2, 0) is 11.3 Å². The molecule has 3 aromatic rings. The number of nitrogens with zero attached hydrogens (tertiary/aromatic N) is 5. The van der Waals surface area contributed by atoms with Crippen molar-refractivity contribution in [3.05, 3.63) is 48.0 Å². The molecule has 0 bridgehead atoms. The first kappa shape index (κ1) is 20.5. The van der Waals surface area contributed by atoms with Crippen LogP contribution >= 0.6 is 11.8 Å². The molecular formula is C19H21N5O4S. The predicted octanol–water partition coefficient (Wildman–Crippen LogP) is 2.14. The maximum Gasteiger partial charge on any atom is 0.233 e. The Morgan fingerprint density at radius 3 is 2.55 bits per heavy atom. The first-order chi connectivity index (χ1) is 14.0. The Hall–Kier alpha value is -3.27. The van der Waals surface area contributed by atoms with Crippen molar-refractivity contribution in [2.75, 3.05) is 27.0 Å². The third-order valence-corrected chi connectivity index (χ3v) is 5.06. The van der Waals surface area contributed by atoms with Crippen molar-refractivity contribution in [1.29, 1.82) is 0 Å². The smallest absolute Gasteiger partial charge is 0.233 e. The molecule has 0 aliphatic carbocycles. The maximum atomic E-state index is 12.6. The van der Waals surface area contributed by atoms with Crippen LogP contribution in [0, 0.1) is 0 Å². The lowest BCUT2D eigenvalue weighted by Crippen LogP contribution is -2.28. The van der Waals surface area contributed by atoms with E-state index in [1.807, 2.05) is 18.2 Å². The van der Waals surface area contributed by atoms with Crippen molar-refractivity contribution in [1.82, 2.24) is 25.1 Å². The monoisotopic (exact) mass is 415 g/mol. The van der Waals surface area contributed by atoms with Crippen LogP contribution in [0.1, 0.15) is 5.56 Å². The van der Waals surface area contributed by atoms with Crippen LogP contribution in [0.25, 0.3) is 5.69 Å². The number of hydrogen-bond donors (Lipinski definition) is 1. The van der Waals surface area contributed by atoms with Crippen molar-refractivity contribution in [3.8, 4) is 22.9 Å². The molecule has 0 spiro atoms. The van der Waals surface area contributed by atoms with Crippen molar-refractivity contribution < 1.29 is 19.4 Å². The second-order valence-corrected chi connectivity index (χ2v) is 7.06. The molecule has 0 saturated heterocycles. The molecule has 0 atom stereocenters. The molecule has 152 valence electrons. The molecule has 2 aromatic carbocycles. The molecule has 1 aromatic heterocycles. The number of benzene rings is 2. The van der Waals surface area contributed by atoms with Crippen molar-refractivity contribution in [2.45, 2.75) is 11.7 Å². The number of phenolic OH excluding ortho intramolecular Hbond substituents is 1. The zero-order chi connectivity index (χ0) is 20.8. The van der Waals surface area contributed by atoms with Gasteiger partial charge in [-0.15, -0.1) is 5.10 Å². The Morgan fingerprint density at radius 2 is 1.86 bits per heavy atom. The maximum absolute atomic E-state index is 12.6. The summed E-state index contributed by atoms with van der Waals surface area (Å²) in [7, 11) is 4.89.